The van der Waals surface area contributed by atoms with Crippen molar-refractivity contribution in [3.8, 4) is 23.0 Å². The fraction of sp³-hybridized carbons (Fsp3) is 0.296. The van der Waals surface area contributed by atoms with Crippen molar-refractivity contribution >= 4 is 23.4 Å². The van der Waals surface area contributed by atoms with E-state index in [1.807, 2.05) is 0 Å². The first-order chi connectivity index (χ1) is 17.9. The molecule has 1 atom stereocenters. The van der Waals surface area contributed by atoms with Crippen LogP contribution >= 0.6 is 11.3 Å². The minimum absolute atomic E-state index is 0.189. The molecule has 0 N–H and O–H groups in total. The highest BCUT2D eigenvalue weighted by Gasteiger charge is 2.34. The molecule has 3 aromatic rings. The smallest absolute Gasteiger partial charge is 0.338 e. The number of thiazole rings is 1. The maximum atomic E-state index is 13.8. The molecule has 37 heavy (non-hydrogen) atoms. The molecule has 0 fully saturated rings. The number of hydrogen-bond donors (Lipinski definition) is 0. The van der Waals surface area contributed by atoms with Crippen LogP contribution < -0.4 is 33.8 Å². The predicted octanol–water partition coefficient (Wildman–Crippen LogP) is 2.83. The summed E-state index contributed by atoms with van der Waals surface area (Å²) in [7, 11) is 6.21. The van der Waals surface area contributed by atoms with E-state index in [1.165, 1.54) is 23.0 Å². The van der Waals surface area contributed by atoms with Crippen LogP contribution in [0.25, 0.3) is 6.08 Å². The first-order valence-corrected chi connectivity index (χ1v) is 12.3. The zero-order valence-electron chi connectivity index (χ0n) is 21.5. The number of ether oxygens (including phenoxy) is 5. The Kier molecular flexibility index (Phi) is 7.68. The Hall–Kier alpha value is -4.05. The van der Waals surface area contributed by atoms with E-state index in [1.54, 1.807) is 77.7 Å². The van der Waals surface area contributed by atoms with Crippen molar-refractivity contribution in [2.24, 2.45) is 4.99 Å². The summed E-state index contributed by atoms with van der Waals surface area (Å²) in [6, 6.07) is 9.86. The van der Waals surface area contributed by atoms with Gasteiger partial charge in [-0.25, -0.2) is 9.79 Å². The van der Waals surface area contributed by atoms with Gasteiger partial charge < -0.3 is 23.7 Å². The third kappa shape index (κ3) is 4.84. The summed E-state index contributed by atoms with van der Waals surface area (Å²) < 4.78 is 29.0. The monoisotopic (exact) mass is 524 g/mol. The molecule has 0 aliphatic carbocycles. The van der Waals surface area contributed by atoms with E-state index in [0.717, 1.165) is 0 Å². The maximum Gasteiger partial charge on any atom is 0.338 e. The minimum atomic E-state index is -0.774. The number of fused-ring (bicyclic) bond motifs is 1. The molecule has 0 bridgehead atoms. The van der Waals surface area contributed by atoms with Gasteiger partial charge in [0.25, 0.3) is 5.56 Å². The number of benzene rings is 2. The Labute approximate surface area is 217 Å². The summed E-state index contributed by atoms with van der Waals surface area (Å²) in [6.45, 7) is 3.66. The van der Waals surface area contributed by atoms with E-state index in [9.17, 15) is 9.59 Å². The number of aromatic nitrogens is 1. The Bertz CT molecular complexity index is 1550. The third-order valence-corrected chi connectivity index (χ3v) is 6.95. The molecule has 2 aromatic carbocycles. The highest BCUT2D eigenvalue weighted by molar-refractivity contribution is 7.07. The molecule has 2 heterocycles. The molecule has 10 heteroatoms. The summed E-state index contributed by atoms with van der Waals surface area (Å²) in [4.78, 5) is 32.0. The molecular weight excluding hydrogens is 496 g/mol. The molecular formula is C27H28N2O7S. The van der Waals surface area contributed by atoms with Crippen LogP contribution in [0.1, 0.15) is 31.0 Å². The number of hydrogen-bond acceptors (Lipinski definition) is 9. The van der Waals surface area contributed by atoms with E-state index < -0.39 is 12.0 Å². The average Bonchev–Trinajstić information content (AvgIpc) is 3.21. The number of rotatable bonds is 8. The fourth-order valence-electron chi connectivity index (χ4n) is 4.22. The average molecular weight is 525 g/mol. The molecule has 1 aliphatic heterocycles. The SMILES string of the molecule is CCOC(=O)C1=C(C)N=c2sc(=Cc3cc(OC)ccc3OC)c(=O)n2[C@@H]1c1ccc(OC)c(OC)c1. The van der Waals surface area contributed by atoms with Crippen LogP contribution in [-0.4, -0.2) is 45.6 Å². The normalized spacial score (nSPS) is 15.1. The lowest BCUT2D eigenvalue weighted by molar-refractivity contribution is -0.139. The number of allylic oxidation sites excluding steroid dienone is 1. The van der Waals surface area contributed by atoms with Gasteiger partial charge in [-0.1, -0.05) is 17.4 Å². The Morgan fingerprint density at radius 2 is 1.70 bits per heavy atom. The molecule has 0 unspecified atom stereocenters. The maximum absolute atomic E-state index is 13.8. The van der Waals surface area contributed by atoms with Gasteiger partial charge in [0.2, 0.25) is 0 Å². The van der Waals surface area contributed by atoms with Crippen LogP contribution in [0.5, 0.6) is 23.0 Å². The van der Waals surface area contributed by atoms with Gasteiger partial charge in [0.05, 0.1) is 56.9 Å². The minimum Gasteiger partial charge on any atom is -0.497 e. The Morgan fingerprint density at radius 1 is 1.00 bits per heavy atom. The van der Waals surface area contributed by atoms with E-state index >= 15 is 0 Å². The largest absolute Gasteiger partial charge is 0.497 e. The molecule has 1 aromatic heterocycles. The molecule has 0 saturated carbocycles. The van der Waals surface area contributed by atoms with Crippen LogP contribution in [0, 0.1) is 0 Å². The summed E-state index contributed by atoms with van der Waals surface area (Å²) in [5, 5.41) is 0. The second kappa shape index (κ2) is 10.9. The van der Waals surface area contributed by atoms with Gasteiger partial charge in [-0.05, 0) is 55.8 Å². The van der Waals surface area contributed by atoms with Gasteiger partial charge >= 0.3 is 5.97 Å². The summed E-state index contributed by atoms with van der Waals surface area (Å²) >= 11 is 1.23. The van der Waals surface area contributed by atoms with Crippen LogP contribution in [0.4, 0.5) is 0 Å². The highest BCUT2D eigenvalue weighted by atomic mass is 32.1. The van der Waals surface area contributed by atoms with E-state index in [4.69, 9.17) is 23.7 Å². The van der Waals surface area contributed by atoms with Gasteiger partial charge in [-0.15, -0.1) is 0 Å². The standard InChI is InChI=1S/C27H28N2O7S/c1-7-36-26(31)23-15(2)28-27-29(24(23)16-8-10-20(34-5)21(13-16)35-6)25(30)22(37-27)14-17-12-18(32-3)9-11-19(17)33-4/h8-14,24H,7H2,1-6H3/t24-/m1/s1. The fourth-order valence-corrected chi connectivity index (χ4v) is 5.26. The molecule has 0 amide bonds. The van der Waals surface area contributed by atoms with Gasteiger partial charge in [0, 0.05) is 5.56 Å². The van der Waals surface area contributed by atoms with Crippen LogP contribution in [-0.2, 0) is 9.53 Å². The number of carbonyl (C=O) groups excluding carboxylic acids is 1. The van der Waals surface area contributed by atoms with Crippen LogP contribution in [0.3, 0.4) is 0 Å². The molecule has 0 spiro atoms. The van der Waals surface area contributed by atoms with Gasteiger partial charge in [0.1, 0.15) is 11.5 Å². The third-order valence-electron chi connectivity index (χ3n) is 5.96. The zero-order valence-corrected chi connectivity index (χ0v) is 22.3. The second-order valence-electron chi connectivity index (χ2n) is 8.02. The lowest BCUT2D eigenvalue weighted by Crippen LogP contribution is -2.40. The lowest BCUT2D eigenvalue weighted by Gasteiger charge is -2.25. The molecule has 0 saturated heterocycles. The molecule has 4 rings (SSSR count). The first-order valence-electron chi connectivity index (χ1n) is 11.5. The van der Waals surface area contributed by atoms with Crippen molar-refractivity contribution < 1.29 is 28.5 Å². The van der Waals surface area contributed by atoms with Crippen molar-refractivity contribution in [2.45, 2.75) is 19.9 Å². The molecule has 0 radical (unpaired) electrons. The van der Waals surface area contributed by atoms with E-state index in [-0.39, 0.29) is 17.7 Å². The second-order valence-corrected chi connectivity index (χ2v) is 9.03. The highest BCUT2D eigenvalue weighted by Crippen LogP contribution is 2.36. The van der Waals surface area contributed by atoms with Gasteiger partial charge in [-0.2, -0.15) is 0 Å². The molecule has 1 aliphatic rings. The van der Waals surface area contributed by atoms with Crippen LogP contribution in [0.15, 0.2) is 57.5 Å². The van der Waals surface area contributed by atoms with Crippen LogP contribution in [0.2, 0.25) is 0 Å². The number of carbonyl (C=O) groups is 1. The van der Waals surface area contributed by atoms with Crippen molar-refractivity contribution in [1.29, 1.82) is 0 Å². The van der Waals surface area contributed by atoms with E-state index in [0.29, 0.717) is 49.2 Å². The molecule has 194 valence electrons. The van der Waals surface area contributed by atoms with Crippen molar-refractivity contribution in [2.75, 3.05) is 35.0 Å². The predicted molar refractivity (Wildman–Crippen MR) is 139 cm³/mol. The lowest BCUT2D eigenvalue weighted by atomic mass is 9.95. The Balaban J connectivity index is 1.98. The zero-order chi connectivity index (χ0) is 26.7. The van der Waals surface area contributed by atoms with Crippen molar-refractivity contribution in [3.63, 3.8) is 0 Å². The van der Waals surface area contributed by atoms with Gasteiger partial charge in [0.15, 0.2) is 16.3 Å². The number of nitrogens with zero attached hydrogens (tertiary/aromatic N) is 2. The van der Waals surface area contributed by atoms with Crippen molar-refractivity contribution in [3.05, 3.63) is 78.5 Å². The summed E-state index contributed by atoms with van der Waals surface area (Å²) in [6.07, 6.45) is 1.74. The van der Waals surface area contributed by atoms with E-state index in [2.05, 4.69) is 4.99 Å². The summed E-state index contributed by atoms with van der Waals surface area (Å²) in [5.41, 5.74) is 1.79. The molecule has 9 nitrogen and oxygen atoms in total. The first kappa shape index (κ1) is 26.0. The number of methoxy groups -OCH3 is 4. The quantitative estimate of drug-likeness (QED) is 0.418. The Morgan fingerprint density at radius 3 is 2.35 bits per heavy atom. The topological polar surface area (TPSA) is 97.6 Å². The van der Waals surface area contributed by atoms with Crippen molar-refractivity contribution in [1.82, 2.24) is 4.57 Å². The van der Waals surface area contributed by atoms with Gasteiger partial charge in [-0.3, -0.25) is 9.36 Å². The summed E-state index contributed by atoms with van der Waals surface area (Å²) in [5.74, 6) is 1.69. The number of esters is 1.